The second-order valence-corrected chi connectivity index (χ2v) is 6.74. The number of ether oxygens (including phenoxy) is 1. The molecule has 0 unspecified atom stereocenters. The van der Waals surface area contributed by atoms with Crippen LogP contribution in [-0.4, -0.2) is 30.4 Å². The molecule has 1 amide bonds. The number of hydrogen-bond donors (Lipinski definition) is 0. The summed E-state index contributed by atoms with van der Waals surface area (Å²) in [5, 5.41) is 0. The molecule has 1 aromatic heterocycles. The Labute approximate surface area is 134 Å². The third-order valence-electron chi connectivity index (χ3n) is 3.82. The number of carbonyl (C=O) groups excluding carboxylic acids is 1. The van der Waals surface area contributed by atoms with Gasteiger partial charge in [-0.25, -0.2) is 4.98 Å². The number of nitrogens with zero attached hydrogens (tertiary/aromatic N) is 2. The molecule has 1 aliphatic heterocycles. The summed E-state index contributed by atoms with van der Waals surface area (Å²) < 4.78 is 4.49. The number of amides is 1. The number of thioether (sulfide) groups is 1. The first-order valence-electron chi connectivity index (χ1n) is 7.16. The monoisotopic (exact) mass is 314 g/mol. The minimum absolute atomic E-state index is 0.0495. The van der Waals surface area contributed by atoms with Crippen LogP contribution in [-0.2, 0) is 14.3 Å². The largest absolute Gasteiger partial charge is 0.384 e. The molecule has 2 aromatic rings. The smallest absolute Gasteiger partial charge is 0.253 e. The van der Waals surface area contributed by atoms with Gasteiger partial charge in [0, 0.05) is 24.6 Å². The Morgan fingerprint density at radius 3 is 2.73 bits per heavy atom. The molecule has 0 fully saturated rings. The first-order valence-corrected chi connectivity index (χ1v) is 8.15. The van der Waals surface area contributed by atoms with Crippen molar-refractivity contribution in [2.45, 2.75) is 11.7 Å². The number of para-hydroxylation sites is 1. The Bertz CT molecular complexity index is 677. The quantitative estimate of drug-likeness (QED) is 0.794. The van der Waals surface area contributed by atoms with Crippen molar-refractivity contribution in [2.75, 3.05) is 24.4 Å². The molecule has 4 nitrogen and oxygen atoms in total. The number of methoxy groups -OCH3 is 1. The van der Waals surface area contributed by atoms with Gasteiger partial charge in [-0.2, -0.15) is 0 Å². The molecule has 2 heterocycles. The SMILES string of the molecule is COCCS[C@@]1(C)C(=O)N(c2ccccc2)c2ncccc21. The van der Waals surface area contributed by atoms with Crippen LogP contribution in [0.15, 0.2) is 48.7 Å². The fraction of sp³-hybridized carbons (Fsp3) is 0.294. The first kappa shape index (κ1) is 15.1. The zero-order valence-electron chi connectivity index (χ0n) is 12.7. The van der Waals surface area contributed by atoms with Gasteiger partial charge in [0.05, 0.1) is 12.3 Å². The molecule has 0 spiro atoms. The molecule has 3 rings (SSSR count). The summed E-state index contributed by atoms with van der Waals surface area (Å²) in [4.78, 5) is 19.3. The molecule has 0 radical (unpaired) electrons. The Kier molecular flexibility index (Phi) is 4.18. The van der Waals surface area contributed by atoms with Gasteiger partial charge in [-0.15, -0.1) is 11.8 Å². The third kappa shape index (κ3) is 2.40. The van der Waals surface area contributed by atoms with Gasteiger partial charge in [-0.05, 0) is 25.1 Å². The lowest BCUT2D eigenvalue weighted by Gasteiger charge is -2.23. The van der Waals surface area contributed by atoms with Crippen LogP contribution in [0.25, 0.3) is 0 Å². The van der Waals surface area contributed by atoms with Crippen LogP contribution in [0.5, 0.6) is 0 Å². The summed E-state index contributed by atoms with van der Waals surface area (Å²) >= 11 is 1.60. The van der Waals surface area contributed by atoms with Gasteiger partial charge >= 0.3 is 0 Å². The highest BCUT2D eigenvalue weighted by atomic mass is 32.2. The van der Waals surface area contributed by atoms with Gasteiger partial charge in [0.2, 0.25) is 0 Å². The van der Waals surface area contributed by atoms with E-state index in [4.69, 9.17) is 4.74 Å². The number of anilines is 2. The van der Waals surface area contributed by atoms with E-state index in [2.05, 4.69) is 4.98 Å². The van der Waals surface area contributed by atoms with E-state index in [9.17, 15) is 4.79 Å². The standard InChI is InChI=1S/C17H18N2O2S/c1-17(22-12-11-21-2)14-9-6-10-18-15(14)19(16(17)20)13-7-4-3-5-8-13/h3-10H,11-12H2,1-2H3/t17-/m1/s1. The molecule has 1 aromatic carbocycles. The number of benzene rings is 1. The van der Waals surface area contributed by atoms with Crippen molar-refractivity contribution in [1.82, 2.24) is 4.98 Å². The molecular weight excluding hydrogens is 296 g/mol. The highest BCUT2D eigenvalue weighted by molar-refractivity contribution is 8.01. The molecule has 5 heteroatoms. The van der Waals surface area contributed by atoms with E-state index in [1.807, 2.05) is 49.4 Å². The van der Waals surface area contributed by atoms with Crippen LogP contribution < -0.4 is 4.90 Å². The average molecular weight is 314 g/mol. The number of pyridine rings is 1. The first-order chi connectivity index (χ1) is 10.7. The van der Waals surface area contributed by atoms with E-state index in [0.29, 0.717) is 6.61 Å². The molecule has 114 valence electrons. The van der Waals surface area contributed by atoms with E-state index in [-0.39, 0.29) is 5.91 Å². The van der Waals surface area contributed by atoms with Gasteiger partial charge < -0.3 is 4.74 Å². The maximum Gasteiger partial charge on any atom is 0.253 e. The van der Waals surface area contributed by atoms with Crippen molar-refractivity contribution in [3.8, 4) is 0 Å². The lowest BCUT2D eigenvalue weighted by Crippen LogP contribution is -2.33. The molecule has 0 saturated heterocycles. The number of fused-ring (bicyclic) bond motifs is 1. The molecule has 22 heavy (non-hydrogen) atoms. The number of carbonyl (C=O) groups is 1. The minimum atomic E-state index is -0.627. The van der Waals surface area contributed by atoms with Crippen LogP contribution in [0.1, 0.15) is 12.5 Å². The van der Waals surface area contributed by atoms with Gasteiger partial charge in [0.1, 0.15) is 10.6 Å². The predicted molar refractivity (Wildman–Crippen MR) is 89.5 cm³/mol. The summed E-state index contributed by atoms with van der Waals surface area (Å²) in [5.74, 6) is 1.54. The predicted octanol–water partition coefficient (Wildman–Crippen LogP) is 3.35. The van der Waals surface area contributed by atoms with E-state index in [0.717, 1.165) is 22.8 Å². The van der Waals surface area contributed by atoms with Crippen molar-refractivity contribution < 1.29 is 9.53 Å². The molecule has 1 aliphatic rings. The van der Waals surface area contributed by atoms with E-state index in [1.54, 1.807) is 30.0 Å². The second kappa shape index (κ2) is 6.10. The summed E-state index contributed by atoms with van der Waals surface area (Å²) in [6.07, 6.45) is 1.73. The lowest BCUT2D eigenvalue weighted by atomic mass is 10.0. The fourth-order valence-electron chi connectivity index (χ4n) is 2.66. The number of aromatic nitrogens is 1. The molecular formula is C17H18N2O2S. The summed E-state index contributed by atoms with van der Waals surface area (Å²) in [6.45, 7) is 2.59. The summed E-state index contributed by atoms with van der Waals surface area (Å²) in [5.41, 5.74) is 1.81. The van der Waals surface area contributed by atoms with E-state index < -0.39 is 4.75 Å². The average Bonchev–Trinajstić information content (AvgIpc) is 2.77. The van der Waals surface area contributed by atoms with Crippen molar-refractivity contribution in [2.24, 2.45) is 0 Å². The van der Waals surface area contributed by atoms with Crippen molar-refractivity contribution in [3.63, 3.8) is 0 Å². The van der Waals surface area contributed by atoms with Crippen molar-refractivity contribution in [3.05, 3.63) is 54.2 Å². The Hall–Kier alpha value is -1.85. The topological polar surface area (TPSA) is 42.4 Å². The summed E-state index contributed by atoms with van der Waals surface area (Å²) in [7, 11) is 1.67. The zero-order valence-corrected chi connectivity index (χ0v) is 13.5. The Morgan fingerprint density at radius 2 is 2.00 bits per heavy atom. The van der Waals surface area contributed by atoms with Crippen molar-refractivity contribution in [1.29, 1.82) is 0 Å². The summed E-state index contributed by atoms with van der Waals surface area (Å²) in [6, 6.07) is 13.5. The maximum atomic E-state index is 13.1. The Balaban J connectivity index is 2.03. The lowest BCUT2D eigenvalue weighted by molar-refractivity contribution is -0.119. The van der Waals surface area contributed by atoms with Crippen LogP contribution in [0, 0.1) is 0 Å². The van der Waals surface area contributed by atoms with Gasteiger partial charge in [-0.3, -0.25) is 9.69 Å². The fourth-order valence-corrected chi connectivity index (χ4v) is 3.85. The van der Waals surface area contributed by atoms with Crippen LogP contribution in [0.4, 0.5) is 11.5 Å². The van der Waals surface area contributed by atoms with Gasteiger partial charge in [0.25, 0.3) is 5.91 Å². The molecule has 0 saturated carbocycles. The van der Waals surface area contributed by atoms with Gasteiger partial charge in [-0.1, -0.05) is 24.3 Å². The Morgan fingerprint density at radius 1 is 1.23 bits per heavy atom. The normalized spacial score (nSPS) is 20.3. The third-order valence-corrected chi connectivity index (χ3v) is 5.16. The van der Waals surface area contributed by atoms with Crippen molar-refractivity contribution >= 4 is 29.2 Å². The molecule has 1 atom stereocenters. The second-order valence-electron chi connectivity index (χ2n) is 5.23. The molecule has 0 N–H and O–H groups in total. The van der Waals surface area contributed by atoms with E-state index >= 15 is 0 Å². The highest BCUT2D eigenvalue weighted by Crippen LogP contribution is 2.49. The minimum Gasteiger partial charge on any atom is -0.384 e. The zero-order chi connectivity index (χ0) is 15.6. The number of hydrogen-bond acceptors (Lipinski definition) is 4. The van der Waals surface area contributed by atoms with E-state index in [1.165, 1.54) is 0 Å². The van der Waals surface area contributed by atoms with Crippen LogP contribution in [0.2, 0.25) is 0 Å². The van der Waals surface area contributed by atoms with Crippen LogP contribution in [0.3, 0.4) is 0 Å². The van der Waals surface area contributed by atoms with Crippen LogP contribution >= 0.6 is 11.8 Å². The highest BCUT2D eigenvalue weighted by Gasteiger charge is 2.49. The number of rotatable bonds is 5. The molecule has 0 aliphatic carbocycles. The van der Waals surface area contributed by atoms with Gasteiger partial charge in [0.15, 0.2) is 0 Å². The maximum absolute atomic E-state index is 13.1. The molecule has 0 bridgehead atoms.